The molecule has 1 saturated heterocycles. The largest absolute Gasteiger partial charge is 0.317 e. The van der Waals surface area contributed by atoms with Crippen molar-refractivity contribution in [1.29, 1.82) is 0 Å². The van der Waals surface area contributed by atoms with Crippen LogP contribution in [0, 0.1) is 0 Å². The molecule has 1 heterocycles. The minimum Gasteiger partial charge on any atom is -0.317 e. The number of nitrogens with one attached hydrogen (secondary N) is 2. The van der Waals surface area contributed by atoms with E-state index in [0.717, 1.165) is 19.6 Å². The van der Waals surface area contributed by atoms with Crippen LogP contribution in [0.25, 0.3) is 0 Å². The van der Waals surface area contributed by atoms with Gasteiger partial charge >= 0.3 is 0 Å². The molecular weight excluding hydrogens is 162 g/mol. The summed E-state index contributed by atoms with van der Waals surface area (Å²) in [5.41, 5.74) is 0. The lowest BCUT2D eigenvalue weighted by atomic mass is 10.1. The molecular formula is C10H23N3. The molecule has 0 aliphatic carbocycles. The highest BCUT2D eigenvalue weighted by Gasteiger charge is 2.16. The molecule has 13 heavy (non-hydrogen) atoms. The van der Waals surface area contributed by atoms with Crippen LogP contribution in [0.4, 0.5) is 0 Å². The number of likely N-dealkylation sites (N-methyl/N-ethyl adjacent to an activating group) is 1. The summed E-state index contributed by atoms with van der Waals surface area (Å²) in [7, 11) is 0. The van der Waals surface area contributed by atoms with Crippen LogP contribution in [0.3, 0.4) is 0 Å². The number of piperazine rings is 1. The van der Waals surface area contributed by atoms with E-state index in [-0.39, 0.29) is 0 Å². The zero-order valence-electron chi connectivity index (χ0n) is 8.97. The van der Waals surface area contributed by atoms with E-state index in [0.29, 0.717) is 6.04 Å². The summed E-state index contributed by atoms with van der Waals surface area (Å²) in [6.45, 7) is 11.4. The minimum absolute atomic E-state index is 0.702. The van der Waals surface area contributed by atoms with E-state index in [4.69, 9.17) is 0 Å². The molecule has 1 rings (SSSR count). The van der Waals surface area contributed by atoms with Gasteiger partial charge in [-0.05, 0) is 26.1 Å². The first-order valence-electron chi connectivity index (χ1n) is 5.53. The Morgan fingerprint density at radius 1 is 1.46 bits per heavy atom. The number of nitrogens with zero attached hydrogens (tertiary/aromatic N) is 1. The summed E-state index contributed by atoms with van der Waals surface area (Å²) in [6, 6.07) is 0.702. The molecule has 0 aromatic heterocycles. The zero-order valence-corrected chi connectivity index (χ0v) is 8.97. The first kappa shape index (κ1) is 11.0. The fourth-order valence-corrected chi connectivity index (χ4v) is 1.83. The van der Waals surface area contributed by atoms with Crippen LogP contribution in [-0.2, 0) is 0 Å². The van der Waals surface area contributed by atoms with E-state index in [9.17, 15) is 0 Å². The van der Waals surface area contributed by atoms with Crippen LogP contribution in [0.5, 0.6) is 0 Å². The first-order valence-corrected chi connectivity index (χ1v) is 5.53. The summed E-state index contributed by atoms with van der Waals surface area (Å²) in [5.74, 6) is 0. The van der Waals surface area contributed by atoms with Crippen LogP contribution in [0.2, 0.25) is 0 Å². The van der Waals surface area contributed by atoms with E-state index in [2.05, 4.69) is 29.4 Å². The smallest absolute Gasteiger partial charge is 0.0207 e. The molecule has 1 atom stereocenters. The van der Waals surface area contributed by atoms with Gasteiger partial charge in [0.05, 0.1) is 0 Å². The Kier molecular flexibility index (Phi) is 5.35. The Labute approximate surface area is 81.9 Å². The van der Waals surface area contributed by atoms with Gasteiger partial charge in [-0.1, -0.05) is 13.8 Å². The lowest BCUT2D eigenvalue weighted by Gasteiger charge is -2.32. The fourth-order valence-electron chi connectivity index (χ4n) is 1.83. The Balaban J connectivity index is 2.11. The van der Waals surface area contributed by atoms with Crippen LogP contribution < -0.4 is 10.6 Å². The first-order chi connectivity index (χ1) is 6.36. The Hall–Kier alpha value is -0.120. The van der Waals surface area contributed by atoms with Crippen LogP contribution in [-0.4, -0.2) is 50.2 Å². The summed E-state index contributed by atoms with van der Waals surface area (Å²) >= 11 is 0. The molecule has 2 N–H and O–H groups in total. The lowest BCUT2D eigenvalue weighted by molar-refractivity contribution is 0.203. The van der Waals surface area contributed by atoms with Crippen molar-refractivity contribution in [2.45, 2.75) is 26.3 Å². The molecule has 1 aliphatic rings. The number of hydrogen-bond acceptors (Lipinski definition) is 3. The summed E-state index contributed by atoms with van der Waals surface area (Å²) in [6.07, 6.45) is 1.25. The average Bonchev–Trinajstić information content (AvgIpc) is 2.19. The predicted octanol–water partition coefficient (Wildman–Crippen LogP) is 0.280. The molecule has 1 aliphatic heterocycles. The lowest BCUT2D eigenvalue weighted by Crippen LogP contribution is -2.51. The number of hydrogen-bond donors (Lipinski definition) is 2. The van der Waals surface area contributed by atoms with Crippen molar-refractivity contribution in [3.8, 4) is 0 Å². The molecule has 0 amide bonds. The van der Waals surface area contributed by atoms with Gasteiger partial charge in [-0.15, -0.1) is 0 Å². The normalized spacial score (nSPS) is 24.9. The van der Waals surface area contributed by atoms with Gasteiger partial charge in [-0.3, -0.25) is 0 Å². The van der Waals surface area contributed by atoms with Crippen molar-refractivity contribution < 1.29 is 0 Å². The zero-order chi connectivity index (χ0) is 9.52. The average molecular weight is 185 g/mol. The quantitative estimate of drug-likeness (QED) is 0.603. The molecule has 0 saturated carbocycles. The topological polar surface area (TPSA) is 27.3 Å². The van der Waals surface area contributed by atoms with Gasteiger partial charge in [-0.2, -0.15) is 0 Å². The van der Waals surface area contributed by atoms with Gasteiger partial charge < -0.3 is 15.5 Å². The van der Waals surface area contributed by atoms with Crippen molar-refractivity contribution in [3.05, 3.63) is 0 Å². The third kappa shape index (κ3) is 4.07. The molecule has 78 valence electrons. The molecule has 0 unspecified atom stereocenters. The molecule has 0 spiro atoms. The van der Waals surface area contributed by atoms with Gasteiger partial charge in [0, 0.05) is 25.7 Å². The second kappa shape index (κ2) is 6.35. The van der Waals surface area contributed by atoms with Crippen molar-refractivity contribution in [3.63, 3.8) is 0 Å². The summed E-state index contributed by atoms with van der Waals surface area (Å²) < 4.78 is 0. The maximum atomic E-state index is 3.56. The van der Waals surface area contributed by atoms with Crippen molar-refractivity contribution in [2.24, 2.45) is 0 Å². The Morgan fingerprint density at radius 2 is 2.31 bits per heavy atom. The van der Waals surface area contributed by atoms with Gasteiger partial charge in [0.1, 0.15) is 0 Å². The highest BCUT2D eigenvalue weighted by atomic mass is 15.2. The molecule has 3 nitrogen and oxygen atoms in total. The van der Waals surface area contributed by atoms with Gasteiger partial charge in [0.2, 0.25) is 0 Å². The van der Waals surface area contributed by atoms with E-state index in [1.54, 1.807) is 0 Å². The number of rotatable bonds is 5. The van der Waals surface area contributed by atoms with E-state index in [1.165, 1.54) is 26.1 Å². The fraction of sp³-hybridized carbons (Fsp3) is 1.00. The summed E-state index contributed by atoms with van der Waals surface area (Å²) in [5, 5.41) is 6.93. The molecule has 0 bridgehead atoms. The third-order valence-corrected chi connectivity index (χ3v) is 2.71. The molecule has 0 aromatic carbocycles. The monoisotopic (exact) mass is 185 g/mol. The second-order valence-corrected chi connectivity index (χ2v) is 3.69. The van der Waals surface area contributed by atoms with Crippen LogP contribution in [0.1, 0.15) is 20.3 Å². The van der Waals surface area contributed by atoms with Crippen LogP contribution >= 0.6 is 0 Å². The highest BCUT2D eigenvalue weighted by Crippen LogP contribution is 2.01. The third-order valence-electron chi connectivity index (χ3n) is 2.71. The maximum absolute atomic E-state index is 3.56. The van der Waals surface area contributed by atoms with E-state index >= 15 is 0 Å². The molecule has 0 aromatic rings. The second-order valence-electron chi connectivity index (χ2n) is 3.69. The summed E-state index contributed by atoms with van der Waals surface area (Å²) in [4.78, 5) is 2.52. The molecule has 1 fully saturated rings. The molecule has 0 radical (unpaired) electrons. The molecule has 3 heteroatoms. The van der Waals surface area contributed by atoms with Gasteiger partial charge in [0.25, 0.3) is 0 Å². The minimum atomic E-state index is 0.702. The Morgan fingerprint density at radius 3 is 3.00 bits per heavy atom. The predicted molar refractivity (Wildman–Crippen MR) is 57.1 cm³/mol. The van der Waals surface area contributed by atoms with Crippen molar-refractivity contribution >= 4 is 0 Å². The van der Waals surface area contributed by atoms with Crippen molar-refractivity contribution in [2.75, 3.05) is 39.3 Å². The van der Waals surface area contributed by atoms with Gasteiger partial charge in [0.15, 0.2) is 0 Å². The van der Waals surface area contributed by atoms with E-state index < -0.39 is 0 Å². The van der Waals surface area contributed by atoms with Gasteiger partial charge in [-0.25, -0.2) is 0 Å². The van der Waals surface area contributed by atoms with Crippen molar-refractivity contribution in [1.82, 2.24) is 15.5 Å². The highest BCUT2D eigenvalue weighted by molar-refractivity contribution is 4.78. The SMILES string of the molecule is CCNCC[C@@H]1CN(CC)CCN1. The maximum Gasteiger partial charge on any atom is 0.0207 e. The standard InChI is InChI=1S/C10H23N3/c1-3-11-6-5-10-9-13(4-2)8-7-12-10/h10-12H,3-9H2,1-2H3/t10-/m1/s1. The van der Waals surface area contributed by atoms with Crippen LogP contribution in [0.15, 0.2) is 0 Å². The Bertz CT molecular complexity index is 127. The van der Waals surface area contributed by atoms with E-state index in [1.807, 2.05) is 0 Å².